The molecule has 1 aromatic heterocycles. The molecule has 0 unspecified atom stereocenters. The third-order valence-corrected chi connectivity index (χ3v) is 6.73. The van der Waals surface area contributed by atoms with Crippen LogP contribution >= 0.6 is 0 Å². The van der Waals surface area contributed by atoms with Crippen LogP contribution in [0.2, 0.25) is 0 Å². The summed E-state index contributed by atoms with van der Waals surface area (Å²) >= 11 is 0. The summed E-state index contributed by atoms with van der Waals surface area (Å²) in [6.45, 7) is 6.22. The molecule has 3 atom stereocenters. The van der Waals surface area contributed by atoms with E-state index in [1.807, 2.05) is 27.0 Å². The number of nitrogens with one attached hydrogen (secondary N) is 2. The monoisotopic (exact) mass is 514 g/mol. The van der Waals surface area contributed by atoms with Gasteiger partial charge in [-0.05, 0) is 36.0 Å². The summed E-state index contributed by atoms with van der Waals surface area (Å²) in [5.74, 6) is -0.894. The fraction of sp³-hybridized carbons (Fsp3) is 0.577. The second-order valence-corrected chi connectivity index (χ2v) is 11.0. The van der Waals surface area contributed by atoms with Crippen molar-refractivity contribution in [3.05, 3.63) is 47.5 Å². The Balaban J connectivity index is 1.33. The molecule has 2 aliphatic rings. The highest BCUT2D eigenvalue weighted by Gasteiger charge is 2.45. The maximum atomic E-state index is 13.7. The first-order valence-electron chi connectivity index (χ1n) is 12.7. The van der Waals surface area contributed by atoms with Crippen molar-refractivity contribution in [2.24, 2.45) is 5.41 Å². The summed E-state index contributed by atoms with van der Waals surface area (Å²) in [5, 5.41) is 24.3. The minimum absolute atomic E-state index is 0.0576. The normalized spacial score (nSPS) is 20.5. The zero-order valence-electron chi connectivity index (χ0n) is 21.5. The standard InChI is InChI=1S/C26H35FN6O4/c1-26(2,3)23(33-15-20(30-31-33)17-6-7-17)25(37)32-14-19(34)13-21(32)24(36)29-11-10-28-22(35)12-16-4-8-18(27)9-5-16/h4-5,8-9,15,17,19,21,23,34H,6-7,10-14H2,1-3H3,(H,28,35)(H,29,36)/t19-,21+,23-/m1/s1. The number of benzene rings is 1. The minimum Gasteiger partial charge on any atom is -0.391 e. The number of hydrogen-bond acceptors (Lipinski definition) is 6. The molecule has 1 aliphatic heterocycles. The number of aliphatic hydroxyl groups is 1. The predicted octanol–water partition coefficient (Wildman–Crippen LogP) is 1.32. The Bertz CT molecular complexity index is 1120. The third-order valence-electron chi connectivity index (χ3n) is 6.73. The first-order valence-corrected chi connectivity index (χ1v) is 12.7. The first kappa shape index (κ1) is 26.7. The number of likely N-dealkylation sites (tertiary alicyclic amines) is 1. The Hall–Kier alpha value is -3.34. The van der Waals surface area contributed by atoms with Crippen LogP contribution in [0.4, 0.5) is 4.39 Å². The van der Waals surface area contributed by atoms with Crippen LogP contribution in [-0.2, 0) is 20.8 Å². The van der Waals surface area contributed by atoms with Gasteiger partial charge in [0, 0.05) is 38.2 Å². The number of rotatable bonds is 9. The number of amides is 3. The number of halogens is 1. The van der Waals surface area contributed by atoms with E-state index in [1.54, 1.807) is 16.8 Å². The van der Waals surface area contributed by atoms with Gasteiger partial charge in [-0.15, -0.1) is 5.10 Å². The molecular formula is C26H35FN6O4. The molecule has 10 nitrogen and oxygen atoms in total. The van der Waals surface area contributed by atoms with Gasteiger partial charge in [0.2, 0.25) is 17.7 Å². The van der Waals surface area contributed by atoms with Crippen LogP contribution < -0.4 is 10.6 Å². The van der Waals surface area contributed by atoms with Crippen molar-refractivity contribution in [3.8, 4) is 0 Å². The first-order chi connectivity index (χ1) is 17.5. The summed E-state index contributed by atoms with van der Waals surface area (Å²) in [4.78, 5) is 40.3. The molecular weight excluding hydrogens is 479 g/mol. The van der Waals surface area contributed by atoms with E-state index >= 15 is 0 Å². The van der Waals surface area contributed by atoms with Gasteiger partial charge in [-0.1, -0.05) is 38.1 Å². The average molecular weight is 515 g/mol. The summed E-state index contributed by atoms with van der Waals surface area (Å²) in [7, 11) is 0. The fourth-order valence-corrected chi connectivity index (χ4v) is 4.68. The molecule has 0 spiro atoms. The summed E-state index contributed by atoms with van der Waals surface area (Å²) in [6.07, 6.45) is 3.39. The van der Waals surface area contributed by atoms with Gasteiger partial charge < -0.3 is 20.6 Å². The van der Waals surface area contributed by atoms with Crippen LogP contribution in [0.15, 0.2) is 30.5 Å². The lowest BCUT2D eigenvalue weighted by molar-refractivity contribution is -0.144. The molecule has 3 amide bonds. The largest absolute Gasteiger partial charge is 0.391 e. The van der Waals surface area contributed by atoms with Gasteiger partial charge in [0.25, 0.3) is 0 Å². The molecule has 1 saturated carbocycles. The zero-order valence-corrected chi connectivity index (χ0v) is 21.5. The topological polar surface area (TPSA) is 129 Å². The smallest absolute Gasteiger partial charge is 0.248 e. The number of nitrogens with zero attached hydrogens (tertiary/aromatic N) is 4. The predicted molar refractivity (Wildman–Crippen MR) is 133 cm³/mol. The Kier molecular flexibility index (Phi) is 7.91. The maximum Gasteiger partial charge on any atom is 0.248 e. The minimum atomic E-state index is -0.825. The molecule has 37 heavy (non-hydrogen) atoms. The lowest BCUT2D eigenvalue weighted by atomic mass is 9.85. The van der Waals surface area contributed by atoms with Crippen molar-refractivity contribution < 1.29 is 23.9 Å². The maximum absolute atomic E-state index is 13.7. The van der Waals surface area contributed by atoms with Crippen LogP contribution in [-0.4, -0.2) is 74.5 Å². The van der Waals surface area contributed by atoms with Crippen LogP contribution in [0.5, 0.6) is 0 Å². The highest BCUT2D eigenvalue weighted by Crippen LogP contribution is 2.40. The van der Waals surface area contributed by atoms with Crippen molar-refractivity contribution in [2.45, 2.75) is 70.6 Å². The SMILES string of the molecule is CC(C)(C)[C@@H](C(=O)N1C[C@H](O)C[C@H]1C(=O)NCCNC(=O)Cc1ccc(F)cc1)n1cc(C2CC2)nn1. The average Bonchev–Trinajstić information content (AvgIpc) is 3.44. The lowest BCUT2D eigenvalue weighted by Crippen LogP contribution is -2.51. The Labute approximate surface area is 215 Å². The highest BCUT2D eigenvalue weighted by atomic mass is 19.1. The molecule has 2 aromatic rings. The number of aromatic nitrogens is 3. The Morgan fingerprint density at radius 2 is 1.81 bits per heavy atom. The molecule has 11 heteroatoms. The van der Waals surface area contributed by atoms with E-state index in [0.717, 1.165) is 18.5 Å². The number of β-amino-alcohol motifs (C(OH)–C–C–N with tert-alkyl or cyclic N) is 1. The van der Waals surface area contributed by atoms with Crippen molar-refractivity contribution in [2.75, 3.05) is 19.6 Å². The van der Waals surface area contributed by atoms with Crippen LogP contribution in [0.3, 0.4) is 0 Å². The van der Waals surface area contributed by atoms with Crippen molar-refractivity contribution in [1.82, 2.24) is 30.5 Å². The van der Waals surface area contributed by atoms with Gasteiger partial charge >= 0.3 is 0 Å². The molecule has 1 aromatic carbocycles. The zero-order chi connectivity index (χ0) is 26.7. The van der Waals surface area contributed by atoms with Gasteiger partial charge in [0.05, 0.1) is 18.2 Å². The second-order valence-electron chi connectivity index (χ2n) is 11.0. The van der Waals surface area contributed by atoms with E-state index in [2.05, 4.69) is 20.9 Å². The number of aliphatic hydroxyl groups excluding tert-OH is 1. The van der Waals surface area contributed by atoms with E-state index in [4.69, 9.17) is 0 Å². The van der Waals surface area contributed by atoms with Gasteiger partial charge in [-0.2, -0.15) is 0 Å². The van der Waals surface area contributed by atoms with E-state index in [9.17, 15) is 23.9 Å². The molecule has 200 valence electrons. The fourth-order valence-electron chi connectivity index (χ4n) is 4.68. The molecule has 4 rings (SSSR count). The van der Waals surface area contributed by atoms with Crippen LogP contribution in [0.25, 0.3) is 0 Å². The third kappa shape index (κ3) is 6.71. The van der Waals surface area contributed by atoms with Crippen LogP contribution in [0.1, 0.15) is 63.3 Å². The molecule has 3 N–H and O–H groups in total. The molecule has 1 aliphatic carbocycles. The summed E-state index contributed by atoms with van der Waals surface area (Å²) in [5.41, 5.74) is 1.05. The molecule has 0 radical (unpaired) electrons. The summed E-state index contributed by atoms with van der Waals surface area (Å²) in [6, 6.07) is 4.18. The lowest BCUT2D eigenvalue weighted by Gasteiger charge is -2.34. The van der Waals surface area contributed by atoms with E-state index < -0.39 is 23.6 Å². The van der Waals surface area contributed by atoms with Gasteiger partial charge in [0.1, 0.15) is 17.9 Å². The van der Waals surface area contributed by atoms with E-state index in [-0.39, 0.29) is 56.0 Å². The quantitative estimate of drug-likeness (QED) is 0.433. The molecule has 2 fully saturated rings. The van der Waals surface area contributed by atoms with Gasteiger partial charge in [0.15, 0.2) is 0 Å². The van der Waals surface area contributed by atoms with Gasteiger partial charge in [-0.3, -0.25) is 14.4 Å². The number of hydrogen-bond donors (Lipinski definition) is 3. The summed E-state index contributed by atoms with van der Waals surface area (Å²) < 4.78 is 14.6. The van der Waals surface area contributed by atoms with Crippen LogP contribution in [0, 0.1) is 11.2 Å². The Morgan fingerprint density at radius 3 is 2.46 bits per heavy atom. The molecule has 2 heterocycles. The number of carbonyl (C=O) groups is 3. The van der Waals surface area contributed by atoms with E-state index in [0.29, 0.717) is 11.5 Å². The second kappa shape index (κ2) is 11.0. The molecule has 0 bridgehead atoms. The molecule has 1 saturated heterocycles. The van der Waals surface area contributed by atoms with Crippen molar-refractivity contribution >= 4 is 17.7 Å². The number of carbonyl (C=O) groups excluding carboxylic acids is 3. The van der Waals surface area contributed by atoms with Crippen molar-refractivity contribution in [3.63, 3.8) is 0 Å². The van der Waals surface area contributed by atoms with Crippen molar-refractivity contribution in [1.29, 1.82) is 0 Å². The Morgan fingerprint density at radius 1 is 1.14 bits per heavy atom. The van der Waals surface area contributed by atoms with E-state index in [1.165, 1.54) is 17.0 Å². The van der Waals surface area contributed by atoms with Gasteiger partial charge in [-0.25, -0.2) is 9.07 Å². The highest BCUT2D eigenvalue weighted by molar-refractivity contribution is 5.90.